The number of rotatable bonds is 19. The smallest absolute Gasteiger partial charge is 0.165 e. The van der Waals surface area contributed by atoms with Gasteiger partial charge >= 0.3 is 0 Å². The highest BCUT2D eigenvalue weighted by molar-refractivity contribution is 7.19. The van der Waals surface area contributed by atoms with E-state index < -0.39 is 12.0 Å². The summed E-state index contributed by atoms with van der Waals surface area (Å²) in [5.41, 5.74) is 19.8. The number of carbonyl (C=O) groups is 3. The van der Waals surface area contributed by atoms with Crippen LogP contribution in [0.5, 0.6) is 0 Å². The second kappa shape index (κ2) is 23.7. The fourth-order valence-electron chi connectivity index (χ4n) is 15.0. The van der Waals surface area contributed by atoms with E-state index in [1.807, 2.05) is 60.6 Å². The molecule has 0 aliphatic rings. The highest BCUT2D eigenvalue weighted by atomic mass is 32.1. The van der Waals surface area contributed by atoms with Gasteiger partial charge in [0.1, 0.15) is 5.82 Å². The fraction of sp³-hybridized carbons (Fsp3) is 0.218. The molecule has 0 aliphatic heterocycles. The summed E-state index contributed by atoms with van der Waals surface area (Å²) in [5.74, 6) is -1.75. The number of benzene rings is 6. The molecule has 0 spiro atoms. The van der Waals surface area contributed by atoms with Gasteiger partial charge in [0.2, 0.25) is 0 Å². The Morgan fingerprint density at radius 3 is 1.38 bits per heavy atom. The predicted molar refractivity (Wildman–Crippen MR) is 361 cm³/mol. The Balaban J connectivity index is 0.842. The molecular weight excluding hydrogens is 1140 g/mol. The van der Waals surface area contributed by atoms with Crippen LogP contribution in [0.2, 0.25) is 0 Å². The number of H-pyrrole nitrogens is 6. The molecule has 90 heavy (non-hydrogen) atoms. The molecule has 0 saturated heterocycles. The lowest BCUT2D eigenvalue weighted by Crippen LogP contribution is -2.10. The number of aliphatic hydroxyl groups excluding tert-OH is 1. The number of fused-ring (bicyclic) bond motifs is 3. The van der Waals surface area contributed by atoms with Crippen LogP contribution in [-0.4, -0.2) is 52.4 Å². The summed E-state index contributed by atoms with van der Waals surface area (Å²) < 4.78 is 15.7. The minimum absolute atomic E-state index is 0.0238. The first-order valence-corrected chi connectivity index (χ1v) is 31.7. The van der Waals surface area contributed by atoms with Crippen LogP contribution < -0.4 is 0 Å². The zero-order valence-electron chi connectivity index (χ0n) is 52.3. The summed E-state index contributed by atoms with van der Waals surface area (Å²) in [7, 11) is 0. The molecule has 6 aromatic carbocycles. The molecule has 0 bridgehead atoms. The first kappa shape index (κ1) is 59.3. The maximum absolute atomic E-state index is 15.0. The number of aryl methyl sites for hydroxylation is 4. The SMILES string of the molecule is CC(=O)c1c(C)[nH]c(C(c2ccc(F)cc2)c2ccc(C(c3[nH]c(C)c(C(=O)CCC(O)c4c(C)[nH]c(C(c5ccc(C(c6[nH]c(C)c(C(C)=O)c6C)c6cccc7ccccc67)[nH]5)c5cc6ccccc6s5)c4C)c3C)c3cccc4ccccc34)[nH]2)c1C. The number of carbonyl (C=O) groups excluding carboxylic acids is 3. The van der Waals surface area contributed by atoms with Crippen molar-refractivity contribution in [2.24, 2.45) is 0 Å². The van der Waals surface area contributed by atoms with E-state index in [0.29, 0.717) is 16.7 Å². The molecule has 5 atom stereocenters. The normalized spacial score (nSPS) is 13.6. The van der Waals surface area contributed by atoms with Crippen molar-refractivity contribution in [1.29, 1.82) is 0 Å². The molecular formula is C78H73FN6O4S. The van der Waals surface area contributed by atoms with Crippen molar-refractivity contribution in [3.8, 4) is 0 Å². The topological polar surface area (TPSA) is 166 Å². The highest BCUT2D eigenvalue weighted by Gasteiger charge is 2.34. The Bertz CT molecular complexity index is 4890. The second-order valence-corrected chi connectivity index (χ2v) is 25.7. The predicted octanol–water partition coefficient (Wildman–Crippen LogP) is 18.6. The van der Waals surface area contributed by atoms with Gasteiger partial charge in [-0.05, 0) is 190 Å². The van der Waals surface area contributed by atoms with Gasteiger partial charge < -0.3 is 35.0 Å². The van der Waals surface area contributed by atoms with Gasteiger partial charge in [0.15, 0.2) is 17.3 Å². The zero-order chi connectivity index (χ0) is 63.0. The van der Waals surface area contributed by atoms with Crippen molar-refractivity contribution in [3.63, 3.8) is 0 Å². The maximum atomic E-state index is 15.0. The molecule has 0 fully saturated rings. The Morgan fingerprint density at radius 2 is 0.867 bits per heavy atom. The molecule has 5 unspecified atom stereocenters. The maximum Gasteiger partial charge on any atom is 0.165 e. The third kappa shape index (κ3) is 10.4. The minimum Gasteiger partial charge on any atom is -0.388 e. The van der Waals surface area contributed by atoms with Crippen LogP contribution in [0, 0.1) is 61.2 Å². The van der Waals surface area contributed by atoms with Crippen LogP contribution in [0.25, 0.3) is 31.6 Å². The fourth-order valence-corrected chi connectivity index (χ4v) is 16.2. The zero-order valence-corrected chi connectivity index (χ0v) is 53.2. The van der Waals surface area contributed by atoms with Crippen molar-refractivity contribution in [1.82, 2.24) is 29.9 Å². The lowest BCUT2D eigenvalue weighted by molar-refractivity contribution is 0.0937. The van der Waals surface area contributed by atoms with E-state index >= 15 is 4.79 Å². The number of aromatic nitrogens is 6. The Kier molecular flexibility index (Phi) is 15.6. The van der Waals surface area contributed by atoms with E-state index in [2.05, 4.69) is 164 Å². The van der Waals surface area contributed by atoms with Gasteiger partial charge in [0, 0.05) is 107 Å². The van der Waals surface area contributed by atoms with Crippen molar-refractivity contribution < 1.29 is 23.9 Å². The van der Waals surface area contributed by atoms with Crippen LogP contribution in [0.4, 0.5) is 4.39 Å². The van der Waals surface area contributed by atoms with Gasteiger partial charge in [-0.25, -0.2) is 4.39 Å². The molecule has 7 heterocycles. The van der Waals surface area contributed by atoms with E-state index in [4.69, 9.17) is 0 Å². The van der Waals surface area contributed by atoms with Crippen LogP contribution in [0.3, 0.4) is 0 Å². The van der Waals surface area contributed by atoms with E-state index in [-0.39, 0.29) is 53.8 Å². The number of Topliss-reactive ketones (excluding diaryl/α,β-unsaturated/α-hetero) is 3. The Hall–Kier alpha value is -9.62. The van der Waals surface area contributed by atoms with Gasteiger partial charge in [-0.2, -0.15) is 0 Å². The van der Waals surface area contributed by atoms with E-state index in [1.54, 1.807) is 37.3 Å². The monoisotopic (exact) mass is 1210 g/mol. The van der Waals surface area contributed by atoms with Crippen molar-refractivity contribution in [3.05, 3.63) is 304 Å². The van der Waals surface area contributed by atoms with Crippen LogP contribution in [-0.2, 0) is 0 Å². The summed E-state index contributed by atoms with van der Waals surface area (Å²) >= 11 is 1.75. The molecule has 452 valence electrons. The second-order valence-electron chi connectivity index (χ2n) is 24.6. The van der Waals surface area contributed by atoms with Gasteiger partial charge in [0.05, 0.1) is 29.8 Å². The van der Waals surface area contributed by atoms with E-state index in [1.165, 1.54) is 16.8 Å². The molecule has 0 amide bonds. The van der Waals surface area contributed by atoms with Crippen molar-refractivity contribution >= 4 is 60.3 Å². The number of aromatic amines is 6. The largest absolute Gasteiger partial charge is 0.388 e. The van der Waals surface area contributed by atoms with Gasteiger partial charge in [-0.15, -0.1) is 11.3 Å². The average molecular weight is 1210 g/mol. The number of nitrogens with one attached hydrogen (secondary N) is 6. The standard InChI is InChI=1S/C78H73FN6O4S/c1-40-67(48(9)86)44(5)80-75(40)71(52-29-31-54(79)32-30-52)59-33-34-60(84-59)73(58-27-18-23-51-20-12-15-25-56(51)58)77-42(3)69(46(7)82-77)63(88)37-38-64(89)70-43(4)78(83-47(70)8)74(66-39-53-21-13-16-28-65(53)90-66)62-36-35-61(85-62)72(76-41(2)68(49(10)87)45(6)81-76)57-26-17-22-50-19-11-14-24-55(50)57/h11-36,39,64,71-74,80-85,89H,37-38H2,1-10H3. The number of aliphatic hydroxyl groups is 1. The molecule has 12 heteroatoms. The highest BCUT2D eigenvalue weighted by Crippen LogP contribution is 2.46. The molecule has 10 nitrogen and oxygen atoms in total. The third-order valence-corrected chi connectivity index (χ3v) is 20.2. The summed E-state index contributed by atoms with van der Waals surface area (Å²) in [6.07, 6.45) is -0.666. The minimum atomic E-state index is -0.959. The first-order valence-electron chi connectivity index (χ1n) is 30.9. The number of ketones is 3. The third-order valence-electron chi connectivity index (χ3n) is 19.0. The lowest BCUT2D eigenvalue weighted by atomic mass is 9.86. The summed E-state index contributed by atoms with van der Waals surface area (Å²) in [4.78, 5) is 64.8. The van der Waals surface area contributed by atoms with Gasteiger partial charge in [-0.1, -0.05) is 115 Å². The quantitative estimate of drug-likeness (QED) is 0.0401. The van der Waals surface area contributed by atoms with Crippen LogP contribution in [0.1, 0.15) is 205 Å². The van der Waals surface area contributed by atoms with E-state index in [9.17, 15) is 19.1 Å². The van der Waals surface area contributed by atoms with Crippen LogP contribution >= 0.6 is 11.3 Å². The lowest BCUT2D eigenvalue weighted by Gasteiger charge is -2.21. The first-order chi connectivity index (χ1) is 43.4. The molecule has 0 radical (unpaired) electrons. The van der Waals surface area contributed by atoms with Gasteiger partial charge in [-0.3, -0.25) is 14.4 Å². The van der Waals surface area contributed by atoms with Gasteiger partial charge in [0.25, 0.3) is 0 Å². The molecule has 0 aliphatic carbocycles. The number of hydrogen-bond donors (Lipinski definition) is 7. The molecule has 7 N–H and O–H groups in total. The number of thiophene rings is 1. The molecule has 7 aromatic heterocycles. The molecule has 0 saturated carbocycles. The summed E-state index contributed by atoms with van der Waals surface area (Å²) in [6, 6.07) is 55.3. The van der Waals surface area contributed by atoms with Crippen molar-refractivity contribution in [2.45, 2.75) is 112 Å². The molecule has 13 aromatic rings. The van der Waals surface area contributed by atoms with Crippen LogP contribution in [0.15, 0.2) is 164 Å². The summed E-state index contributed by atoms with van der Waals surface area (Å²) in [6.45, 7) is 19.2. The number of halogens is 1. The van der Waals surface area contributed by atoms with E-state index in [0.717, 1.165) is 145 Å². The van der Waals surface area contributed by atoms with Crippen molar-refractivity contribution in [2.75, 3.05) is 0 Å². The summed E-state index contributed by atoms with van der Waals surface area (Å²) in [5, 5.41) is 18.0. The Morgan fingerprint density at radius 1 is 0.444 bits per heavy atom. The average Bonchev–Trinajstić information content (AvgIpc) is 1.61. The Labute approximate surface area is 527 Å². The molecule has 13 rings (SSSR count). The number of hydrogen-bond acceptors (Lipinski definition) is 5.